The summed E-state index contributed by atoms with van der Waals surface area (Å²) in [6.45, 7) is 5.08. The summed E-state index contributed by atoms with van der Waals surface area (Å²) in [5.41, 5.74) is 0.429. The van der Waals surface area contributed by atoms with Crippen LogP contribution in [-0.4, -0.2) is 39.7 Å². The monoisotopic (exact) mass is 389 g/mol. The second-order valence-electron chi connectivity index (χ2n) is 7.01. The lowest BCUT2D eigenvalue weighted by molar-refractivity contribution is 0.171. The molecular weight excluding hydrogens is 366 g/mol. The third-order valence-corrected chi connectivity index (χ3v) is 6.18. The normalized spacial score (nSPS) is 19.6. The van der Waals surface area contributed by atoms with Gasteiger partial charge in [-0.15, -0.1) is 0 Å². The molecule has 0 saturated carbocycles. The number of rotatable bonds is 4. The predicted octanol–water partition coefficient (Wildman–Crippen LogP) is 2.89. The van der Waals surface area contributed by atoms with E-state index < -0.39 is 10.0 Å². The summed E-state index contributed by atoms with van der Waals surface area (Å²) in [5.74, 6) is 2.52. The van der Waals surface area contributed by atoms with E-state index in [1.807, 2.05) is 6.07 Å². The molecule has 1 atom stereocenters. The van der Waals surface area contributed by atoms with Gasteiger partial charge in [0.15, 0.2) is 11.5 Å². The van der Waals surface area contributed by atoms with E-state index in [9.17, 15) is 8.42 Å². The predicted molar refractivity (Wildman–Crippen MR) is 103 cm³/mol. The summed E-state index contributed by atoms with van der Waals surface area (Å²) in [5, 5.41) is 0. The molecule has 0 spiro atoms. The Bertz CT molecular complexity index is 915. The third-order valence-electron chi connectivity index (χ3n) is 4.81. The SMILES string of the molecule is CC1CCCN(c2ccc(NS(=O)(=O)c3ccc4c(c3)OCCO4)cn2)C1. The molecule has 0 bridgehead atoms. The Morgan fingerprint density at radius 3 is 2.70 bits per heavy atom. The van der Waals surface area contributed by atoms with Crippen molar-refractivity contribution in [3.05, 3.63) is 36.5 Å². The fraction of sp³-hybridized carbons (Fsp3) is 0.421. The van der Waals surface area contributed by atoms with Gasteiger partial charge in [-0.2, -0.15) is 0 Å². The average molecular weight is 389 g/mol. The Kier molecular flexibility index (Phi) is 4.82. The molecule has 1 unspecified atom stereocenters. The number of benzene rings is 1. The van der Waals surface area contributed by atoms with Crippen LogP contribution in [0, 0.1) is 5.92 Å². The highest BCUT2D eigenvalue weighted by Crippen LogP contribution is 2.32. The van der Waals surface area contributed by atoms with Crippen molar-refractivity contribution in [3.63, 3.8) is 0 Å². The number of anilines is 2. The van der Waals surface area contributed by atoms with E-state index >= 15 is 0 Å². The number of hydrogen-bond acceptors (Lipinski definition) is 6. The fourth-order valence-corrected chi connectivity index (χ4v) is 4.49. The largest absolute Gasteiger partial charge is 0.486 e. The minimum Gasteiger partial charge on any atom is -0.486 e. The van der Waals surface area contributed by atoms with Gasteiger partial charge in [-0.25, -0.2) is 13.4 Å². The zero-order valence-corrected chi connectivity index (χ0v) is 16.0. The summed E-state index contributed by atoms with van der Waals surface area (Å²) in [7, 11) is -3.73. The minimum absolute atomic E-state index is 0.126. The summed E-state index contributed by atoms with van der Waals surface area (Å²) in [6, 6.07) is 8.21. The molecule has 1 N–H and O–H groups in total. The van der Waals surface area contributed by atoms with Crippen LogP contribution in [0.5, 0.6) is 11.5 Å². The molecule has 0 amide bonds. The van der Waals surface area contributed by atoms with Crippen LogP contribution in [0.1, 0.15) is 19.8 Å². The van der Waals surface area contributed by atoms with Gasteiger partial charge in [-0.1, -0.05) is 6.92 Å². The van der Waals surface area contributed by atoms with Crippen molar-refractivity contribution in [1.29, 1.82) is 0 Å². The Morgan fingerprint density at radius 1 is 1.15 bits per heavy atom. The standard InChI is InChI=1S/C19H23N3O4S/c1-14-3-2-8-22(13-14)19-7-4-15(12-20-19)21-27(23,24)16-5-6-17-18(11-16)26-10-9-25-17/h4-7,11-12,14,21H,2-3,8-10,13H2,1H3. The van der Waals surface area contributed by atoms with Gasteiger partial charge in [0.1, 0.15) is 19.0 Å². The number of piperidine rings is 1. The smallest absolute Gasteiger partial charge is 0.262 e. The van der Waals surface area contributed by atoms with E-state index in [0.29, 0.717) is 36.3 Å². The molecular formula is C19H23N3O4S. The maximum absolute atomic E-state index is 12.7. The van der Waals surface area contributed by atoms with Crippen LogP contribution in [0.15, 0.2) is 41.4 Å². The molecule has 8 heteroatoms. The molecule has 2 aromatic rings. The maximum Gasteiger partial charge on any atom is 0.262 e. The molecule has 1 aromatic heterocycles. The molecule has 4 rings (SSSR count). The first-order chi connectivity index (χ1) is 13.0. The van der Waals surface area contributed by atoms with Crippen LogP contribution < -0.4 is 19.1 Å². The summed E-state index contributed by atoms with van der Waals surface area (Å²) in [6.07, 6.45) is 3.95. The Labute approximate surface area is 159 Å². The molecule has 144 valence electrons. The van der Waals surface area contributed by atoms with Gasteiger partial charge in [0.2, 0.25) is 0 Å². The first-order valence-corrected chi connectivity index (χ1v) is 10.6. The summed E-state index contributed by atoms with van der Waals surface area (Å²) in [4.78, 5) is 6.81. The van der Waals surface area contributed by atoms with Gasteiger partial charge < -0.3 is 14.4 Å². The Morgan fingerprint density at radius 2 is 1.96 bits per heavy atom. The molecule has 1 aromatic carbocycles. The number of aromatic nitrogens is 1. The molecule has 1 saturated heterocycles. The van der Waals surface area contributed by atoms with E-state index in [2.05, 4.69) is 21.5 Å². The van der Waals surface area contributed by atoms with Crippen molar-refractivity contribution in [2.75, 3.05) is 35.9 Å². The zero-order valence-electron chi connectivity index (χ0n) is 15.2. The number of fused-ring (bicyclic) bond motifs is 1. The van der Waals surface area contributed by atoms with Crippen LogP contribution in [-0.2, 0) is 10.0 Å². The quantitative estimate of drug-likeness (QED) is 0.866. The minimum atomic E-state index is -3.73. The van der Waals surface area contributed by atoms with Gasteiger partial charge in [0.25, 0.3) is 10.0 Å². The molecule has 0 aliphatic carbocycles. The zero-order chi connectivity index (χ0) is 18.9. The van der Waals surface area contributed by atoms with Crippen molar-refractivity contribution in [1.82, 2.24) is 4.98 Å². The number of pyridine rings is 1. The highest BCUT2D eigenvalue weighted by atomic mass is 32.2. The lowest BCUT2D eigenvalue weighted by Gasteiger charge is -2.31. The summed E-state index contributed by atoms with van der Waals surface area (Å²) >= 11 is 0. The number of hydrogen-bond donors (Lipinski definition) is 1. The molecule has 2 aliphatic rings. The molecule has 3 heterocycles. The van der Waals surface area contributed by atoms with Crippen LogP contribution in [0.3, 0.4) is 0 Å². The van der Waals surface area contributed by atoms with E-state index in [0.717, 1.165) is 25.3 Å². The number of ether oxygens (including phenoxy) is 2. The first-order valence-electron chi connectivity index (χ1n) is 9.15. The van der Waals surface area contributed by atoms with E-state index in [1.54, 1.807) is 18.3 Å². The maximum atomic E-state index is 12.7. The lowest BCUT2D eigenvalue weighted by atomic mass is 10.0. The average Bonchev–Trinajstić information content (AvgIpc) is 2.68. The van der Waals surface area contributed by atoms with Gasteiger partial charge in [0, 0.05) is 19.2 Å². The molecule has 0 radical (unpaired) electrons. The van der Waals surface area contributed by atoms with Crippen molar-refractivity contribution in [2.24, 2.45) is 5.92 Å². The Balaban J connectivity index is 1.49. The lowest BCUT2D eigenvalue weighted by Crippen LogP contribution is -2.34. The van der Waals surface area contributed by atoms with E-state index in [1.165, 1.54) is 18.6 Å². The molecule has 7 nitrogen and oxygen atoms in total. The highest BCUT2D eigenvalue weighted by molar-refractivity contribution is 7.92. The Hall–Kier alpha value is -2.48. The first kappa shape index (κ1) is 17.9. The van der Waals surface area contributed by atoms with Crippen molar-refractivity contribution >= 4 is 21.5 Å². The second-order valence-corrected chi connectivity index (χ2v) is 8.69. The van der Waals surface area contributed by atoms with Gasteiger partial charge in [0.05, 0.1) is 16.8 Å². The van der Waals surface area contributed by atoms with Gasteiger partial charge in [-0.3, -0.25) is 4.72 Å². The third kappa shape index (κ3) is 3.95. The molecule has 2 aliphatic heterocycles. The van der Waals surface area contributed by atoms with Gasteiger partial charge >= 0.3 is 0 Å². The van der Waals surface area contributed by atoms with Crippen molar-refractivity contribution in [3.8, 4) is 11.5 Å². The fourth-order valence-electron chi connectivity index (χ4n) is 3.44. The van der Waals surface area contributed by atoms with E-state index in [-0.39, 0.29) is 4.90 Å². The van der Waals surface area contributed by atoms with Crippen LogP contribution in [0.2, 0.25) is 0 Å². The second kappa shape index (κ2) is 7.26. The highest BCUT2D eigenvalue weighted by Gasteiger charge is 2.21. The van der Waals surface area contributed by atoms with Crippen molar-refractivity contribution < 1.29 is 17.9 Å². The van der Waals surface area contributed by atoms with E-state index in [4.69, 9.17) is 9.47 Å². The van der Waals surface area contributed by atoms with Crippen LogP contribution >= 0.6 is 0 Å². The molecule has 27 heavy (non-hydrogen) atoms. The van der Waals surface area contributed by atoms with Crippen molar-refractivity contribution in [2.45, 2.75) is 24.7 Å². The van der Waals surface area contributed by atoms with Crippen LogP contribution in [0.4, 0.5) is 11.5 Å². The topological polar surface area (TPSA) is 80.8 Å². The number of nitrogens with zero attached hydrogens (tertiary/aromatic N) is 2. The van der Waals surface area contributed by atoms with Gasteiger partial charge in [-0.05, 0) is 43.0 Å². The summed E-state index contributed by atoms with van der Waals surface area (Å²) < 4.78 is 38.8. The number of nitrogens with one attached hydrogen (secondary N) is 1. The number of sulfonamides is 1. The molecule has 1 fully saturated rings. The van der Waals surface area contributed by atoms with Crippen LogP contribution in [0.25, 0.3) is 0 Å².